The summed E-state index contributed by atoms with van der Waals surface area (Å²) < 4.78 is 17.9. The smallest absolute Gasteiger partial charge is 0.333 e. The van der Waals surface area contributed by atoms with Crippen LogP contribution < -0.4 is 14.8 Å². The quantitative estimate of drug-likeness (QED) is 0.518. The van der Waals surface area contributed by atoms with E-state index in [4.69, 9.17) is 14.2 Å². The molecule has 1 fully saturated rings. The zero-order chi connectivity index (χ0) is 25.9. The average Bonchev–Trinajstić information content (AvgIpc) is 3.25. The summed E-state index contributed by atoms with van der Waals surface area (Å²) >= 11 is 0. The largest absolute Gasteiger partial charge is 0.493 e. The Kier molecular flexibility index (Phi) is 5.58. The summed E-state index contributed by atoms with van der Waals surface area (Å²) in [7, 11) is 1.59. The second-order valence-corrected chi connectivity index (χ2v) is 10.6. The summed E-state index contributed by atoms with van der Waals surface area (Å²) in [6, 6.07) is 11.5. The van der Waals surface area contributed by atoms with Crippen LogP contribution in [0, 0.1) is 5.92 Å². The van der Waals surface area contributed by atoms with Gasteiger partial charge in [-0.25, -0.2) is 4.79 Å². The van der Waals surface area contributed by atoms with Crippen molar-refractivity contribution in [1.29, 1.82) is 0 Å². The van der Waals surface area contributed by atoms with Crippen molar-refractivity contribution in [3.05, 3.63) is 71.0 Å². The maximum Gasteiger partial charge on any atom is 0.333 e. The number of aliphatic hydroxyl groups is 2. The molecule has 6 rings (SSSR count). The molecule has 37 heavy (non-hydrogen) atoms. The second kappa shape index (κ2) is 8.60. The third-order valence-electron chi connectivity index (χ3n) is 8.76. The highest BCUT2D eigenvalue weighted by Gasteiger charge is 2.71. The first-order chi connectivity index (χ1) is 17.8. The van der Waals surface area contributed by atoms with Crippen molar-refractivity contribution in [1.82, 2.24) is 5.32 Å². The van der Waals surface area contributed by atoms with Gasteiger partial charge in [-0.2, -0.15) is 0 Å². The lowest BCUT2D eigenvalue weighted by atomic mass is 9.47. The van der Waals surface area contributed by atoms with Gasteiger partial charge in [-0.15, -0.1) is 0 Å². The topological polar surface area (TPSA) is 114 Å². The Bertz CT molecular complexity index is 1290. The second-order valence-electron chi connectivity index (χ2n) is 10.6. The van der Waals surface area contributed by atoms with Crippen LogP contribution in [0.3, 0.4) is 0 Å². The number of aliphatic hydroxyl groups excluding tert-OH is 1. The standard InChI is InChI=1S/C29H31NO7/c1-16(30-26(32)23(31)17-7-4-3-5-8-17)27(33)36-21-12-14-29(34)19-9-6-13-28(29)22-18(15-19)10-11-20(35-2)24(22)37-25(21)28/h3-5,7-8,10-12,16,19,23,25,31,34H,6,9,13-15H2,1-2H3,(H,30,32)/t16-,19+,23-,25-,28-,29+/m0/s1. The Morgan fingerprint density at radius 1 is 1.19 bits per heavy atom. The molecule has 1 spiro atoms. The predicted octanol–water partition coefficient (Wildman–Crippen LogP) is 2.85. The Hall–Kier alpha value is -3.36. The van der Waals surface area contributed by atoms with E-state index < -0.39 is 41.1 Å². The maximum absolute atomic E-state index is 13.1. The van der Waals surface area contributed by atoms with Crippen LogP contribution in [0.4, 0.5) is 0 Å². The van der Waals surface area contributed by atoms with Crippen LogP contribution in [-0.2, 0) is 26.2 Å². The number of ether oxygens (including phenoxy) is 3. The number of hydrogen-bond donors (Lipinski definition) is 3. The van der Waals surface area contributed by atoms with Gasteiger partial charge in [0.15, 0.2) is 23.7 Å². The molecule has 4 aliphatic rings. The van der Waals surface area contributed by atoms with E-state index in [1.54, 1.807) is 43.5 Å². The first-order valence-corrected chi connectivity index (χ1v) is 12.8. The molecule has 1 heterocycles. The molecule has 1 aliphatic heterocycles. The highest BCUT2D eigenvalue weighted by Crippen LogP contribution is 2.67. The minimum absolute atomic E-state index is 0.0883. The highest BCUT2D eigenvalue weighted by molar-refractivity contribution is 5.87. The van der Waals surface area contributed by atoms with Crippen molar-refractivity contribution < 1.29 is 34.0 Å². The van der Waals surface area contributed by atoms with Gasteiger partial charge in [0, 0.05) is 5.56 Å². The number of rotatable bonds is 6. The summed E-state index contributed by atoms with van der Waals surface area (Å²) in [5.74, 6) is 0.269. The number of hydrogen-bond acceptors (Lipinski definition) is 7. The lowest BCUT2D eigenvalue weighted by Crippen LogP contribution is -2.67. The van der Waals surface area contributed by atoms with E-state index in [-0.39, 0.29) is 5.92 Å². The van der Waals surface area contributed by atoms with Crippen molar-refractivity contribution in [2.45, 2.75) is 68.3 Å². The molecular formula is C29H31NO7. The summed E-state index contributed by atoms with van der Waals surface area (Å²) in [5.41, 5.74) is 0.823. The van der Waals surface area contributed by atoms with Gasteiger partial charge in [0.1, 0.15) is 11.8 Å². The SMILES string of the molecule is COc1ccc2c3c1O[C@H]1C(OC(=O)[C@H](C)NC(=O)[C@@H](O)c4ccccc4)=CC[C@@]4(O)[C@H](CCC[C@]314)C2. The van der Waals surface area contributed by atoms with E-state index in [0.717, 1.165) is 30.4 Å². The van der Waals surface area contributed by atoms with E-state index in [2.05, 4.69) is 11.4 Å². The summed E-state index contributed by atoms with van der Waals surface area (Å²) in [6.07, 6.45) is 3.38. The molecule has 0 unspecified atom stereocenters. The molecule has 8 heteroatoms. The number of methoxy groups -OCH3 is 1. The van der Waals surface area contributed by atoms with E-state index in [1.165, 1.54) is 6.92 Å². The number of carbonyl (C=O) groups excluding carboxylic acids is 2. The fourth-order valence-electron chi connectivity index (χ4n) is 7.02. The Balaban J connectivity index is 1.26. The fourth-order valence-corrected chi connectivity index (χ4v) is 7.02. The van der Waals surface area contributed by atoms with E-state index in [0.29, 0.717) is 35.7 Å². The van der Waals surface area contributed by atoms with Crippen molar-refractivity contribution in [3.63, 3.8) is 0 Å². The van der Waals surface area contributed by atoms with Crippen LogP contribution in [0.2, 0.25) is 0 Å². The van der Waals surface area contributed by atoms with E-state index >= 15 is 0 Å². The third kappa shape index (κ3) is 3.35. The predicted molar refractivity (Wildman–Crippen MR) is 133 cm³/mol. The normalized spacial score (nSPS) is 30.2. The van der Waals surface area contributed by atoms with Crippen LogP contribution in [0.15, 0.2) is 54.3 Å². The zero-order valence-electron chi connectivity index (χ0n) is 20.9. The van der Waals surface area contributed by atoms with Crippen molar-refractivity contribution in [3.8, 4) is 11.5 Å². The monoisotopic (exact) mass is 505 g/mol. The van der Waals surface area contributed by atoms with Crippen LogP contribution in [0.25, 0.3) is 0 Å². The highest BCUT2D eigenvalue weighted by atomic mass is 16.6. The van der Waals surface area contributed by atoms with Gasteiger partial charge in [0.25, 0.3) is 5.91 Å². The van der Waals surface area contributed by atoms with Crippen molar-refractivity contribution in [2.75, 3.05) is 7.11 Å². The molecule has 194 valence electrons. The lowest BCUT2D eigenvalue weighted by Gasteiger charge is -2.59. The molecule has 6 atom stereocenters. The van der Waals surface area contributed by atoms with Gasteiger partial charge in [-0.1, -0.05) is 42.8 Å². The van der Waals surface area contributed by atoms with Crippen LogP contribution in [0.5, 0.6) is 11.5 Å². The Labute approximate surface area is 215 Å². The third-order valence-corrected chi connectivity index (χ3v) is 8.76. The Morgan fingerprint density at radius 2 is 1.97 bits per heavy atom. The molecular weight excluding hydrogens is 474 g/mol. The molecule has 3 aliphatic carbocycles. The zero-order valence-corrected chi connectivity index (χ0v) is 20.9. The minimum Gasteiger partial charge on any atom is -0.493 e. The van der Waals surface area contributed by atoms with E-state index in [9.17, 15) is 19.8 Å². The van der Waals surface area contributed by atoms with Gasteiger partial charge < -0.3 is 29.7 Å². The molecule has 2 bridgehead atoms. The Morgan fingerprint density at radius 3 is 2.73 bits per heavy atom. The van der Waals surface area contributed by atoms with Gasteiger partial charge in [0.05, 0.1) is 18.1 Å². The molecule has 8 nitrogen and oxygen atoms in total. The number of benzene rings is 2. The first kappa shape index (κ1) is 24.0. The molecule has 3 N–H and O–H groups in total. The van der Waals surface area contributed by atoms with Crippen LogP contribution >= 0.6 is 0 Å². The van der Waals surface area contributed by atoms with Gasteiger partial charge in [0.2, 0.25) is 0 Å². The summed E-state index contributed by atoms with van der Waals surface area (Å²) in [5, 5.41) is 25.0. The number of nitrogens with one attached hydrogen (secondary N) is 1. The molecule has 0 saturated heterocycles. The number of amides is 1. The molecule has 0 radical (unpaired) electrons. The molecule has 1 amide bonds. The molecule has 0 aromatic heterocycles. The van der Waals surface area contributed by atoms with E-state index in [1.807, 2.05) is 6.07 Å². The summed E-state index contributed by atoms with van der Waals surface area (Å²) in [6.45, 7) is 1.51. The van der Waals surface area contributed by atoms with Gasteiger partial charge >= 0.3 is 5.97 Å². The number of esters is 1. The van der Waals surface area contributed by atoms with Crippen LogP contribution in [-0.4, -0.2) is 46.9 Å². The van der Waals surface area contributed by atoms with Crippen LogP contribution in [0.1, 0.15) is 55.4 Å². The van der Waals surface area contributed by atoms with Gasteiger partial charge in [-0.05, 0) is 61.8 Å². The molecule has 1 saturated carbocycles. The van der Waals surface area contributed by atoms with Gasteiger partial charge in [-0.3, -0.25) is 4.79 Å². The fraction of sp³-hybridized carbons (Fsp3) is 0.448. The minimum atomic E-state index is -1.40. The maximum atomic E-state index is 13.1. The molecule has 2 aromatic rings. The number of carbonyl (C=O) groups is 2. The average molecular weight is 506 g/mol. The summed E-state index contributed by atoms with van der Waals surface area (Å²) in [4.78, 5) is 25.7. The van der Waals surface area contributed by atoms with Crippen molar-refractivity contribution in [2.24, 2.45) is 5.92 Å². The first-order valence-electron chi connectivity index (χ1n) is 12.8. The van der Waals surface area contributed by atoms with Crippen molar-refractivity contribution >= 4 is 11.9 Å². The lowest BCUT2D eigenvalue weighted by molar-refractivity contribution is -0.161. The molecule has 2 aromatic carbocycles.